The van der Waals surface area contributed by atoms with E-state index in [1.165, 1.54) is 5.56 Å². The minimum Gasteiger partial charge on any atom is -0.344 e. The number of amides is 1. The molecule has 1 rings (SSSR count). The Kier molecular flexibility index (Phi) is 8.21. The lowest BCUT2D eigenvalue weighted by molar-refractivity contribution is -0.128. The van der Waals surface area contributed by atoms with Crippen LogP contribution in [0.4, 0.5) is 0 Å². The van der Waals surface area contributed by atoms with Crippen LogP contribution < -0.4 is 5.32 Å². The van der Waals surface area contributed by atoms with E-state index in [1.54, 1.807) is 11.9 Å². The number of carbonyl (C=O) groups excluding carboxylic acids is 1. The van der Waals surface area contributed by atoms with Crippen LogP contribution in [0.1, 0.15) is 5.56 Å². The van der Waals surface area contributed by atoms with Crippen LogP contribution in [0.25, 0.3) is 0 Å². The van der Waals surface area contributed by atoms with Crippen molar-refractivity contribution in [3.05, 3.63) is 34.3 Å². The van der Waals surface area contributed by atoms with Crippen LogP contribution >= 0.6 is 28.3 Å². The molecule has 1 N–H and O–H groups in total. The normalized spacial score (nSPS) is 9.59. The van der Waals surface area contributed by atoms with Crippen LogP contribution in [0.15, 0.2) is 28.7 Å². The Bertz CT molecular complexity index is 343. The minimum absolute atomic E-state index is 0. The Labute approximate surface area is 117 Å². The fourth-order valence-electron chi connectivity index (χ4n) is 1.36. The maximum atomic E-state index is 11.5. The minimum atomic E-state index is 0. The highest BCUT2D eigenvalue weighted by Crippen LogP contribution is 2.10. The second kappa shape index (κ2) is 8.50. The lowest BCUT2D eigenvalue weighted by Gasteiger charge is -2.16. The van der Waals surface area contributed by atoms with Gasteiger partial charge in [-0.1, -0.05) is 28.1 Å². The Morgan fingerprint density at radius 3 is 2.47 bits per heavy atom. The van der Waals surface area contributed by atoms with Crippen LogP contribution in [-0.2, 0) is 11.2 Å². The van der Waals surface area contributed by atoms with Crippen LogP contribution in [0, 0.1) is 0 Å². The monoisotopic (exact) mass is 320 g/mol. The van der Waals surface area contributed by atoms with Crippen LogP contribution in [-0.4, -0.2) is 38.0 Å². The molecule has 1 amide bonds. The van der Waals surface area contributed by atoms with Crippen molar-refractivity contribution in [2.45, 2.75) is 6.42 Å². The third-order valence-corrected chi connectivity index (χ3v) is 2.93. The van der Waals surface area contributed by atoms with Gasteiger partial charge in [0.2, 0.25) is 5.91 Å². The van der Waals surface area contributed by atoms with Gasteiger partial charge in [-0.15, -0.1) is 12.4 Å². The van der Waals surface area contributed by atoms with Crippen molar-refractivity contribution in [1.29, 1.82) is 0 Å². The van der Waals surface area contributed by atoms with Gasteiger partial charge in [0, 0.05) is 18.1 Å². The van der Waals surface area contributed by atoms with E-state index in [0.29, 0.717) is 6.54 Å². The zero-order valence-electron chi connectivity index (χ0n) is 10.1. The Balaban J connectivity index is 0.00000256. The van der Waals surface area contributed by atoms with Gasteiger partial charge in [0.25, 0.3) is 0 Å². The number of carbonyl (C=O) groups is 1. The molecule has 0 atom stereocenters. The highest BCUT2D eigenvalue weighted by atomic mass is 79.9. The molecule has 3 nitrogen and oxygen atoms in total. The van der Waals surface area contributed by atoms with E-state index in [2.05, 4.69) is 33.4 Å². The van der Waals surface area contributed by atoms with E-state index in [0.717, 1.165) is 17.4 Å². The molecule has 0 aliphatic rings. The summed E-state index contributed by atoms with van der Waals surface area (Å²) in [5.74, 6) is 0.125. The molecule has 0 heterocycles. The topological polar surface area (TPSA) is 32.3 Å². The summed E-state index contributed by atoms with van der Waals surface area (Å²) < 4.78 is 1.08. The third kappa shape index (κ3) is 6.05. The Morgan fingerprint density at radius 2 is 1.94 bits per heavy atom. The third-order valence-electron chi connectivity index (χ3n) is 2.40. The highest BCUT2D eigenvalue weighted by Gasteiger charge is 2.06. The van der Waals surface area contributed by atoms with Crippen LogP contribution in [0.5, 0.6) is 0 Å². The van der Waals surface area contributed by atoms with Gasteiger partial charge in [-0.2, -0.15) is 0 Å². The lowest BCUT2D eigenvalue weighted by atomic mass is 10.1. The standard InChI is InChI=1S/C12H17BrN2O.ClH/c1-14-9-12(16)15(2)8-7-10-3-5-11(13)6-4-10;/h3-6,14H,7-9H2,1-2H3;1H. The number of hydrogen-bond acceptors (Lipinski definition) is 2. The molecule has 0 aliphatic carbocycles. The summed E-state index contributed by atoms with van der Waals surface area (Å²) in [5.41, 5.74) is 1.24. The number of likely N-dealkylation sites (N-methyl/N-ethyl adjacent to an activating group) is 2. The largest absolute Gasteiger partial charge is 0.344 e. The number of hydrogen-bond donors (Lipinski definition) is 1. The number of rotatable bonds is 5. The molecule has 0 saturated carbocycles. The van der Waals surface area contributed by atoms with Gasteiger partial charge >= 0.3 is 0 Å². The predicted octanol–water partition coefficient (Wildman–Crippen LogP) is 2.09. The molecule has 0 saturated heterocycles. The van der Waals surface area contributed by atoms with Crippen molar-refractivity contribution >= 4 is 34.2 Å². The fraction of sp³-hybridized carbons (Fsp3) is 0.417. The second-order valence-electron chi connectivity index (χ2n) is 3.72. The molecule has 0 aromatic heterocycles. The molecular formula is C12H18BrClN2O. The molecular weight excluding hydrogens is 304 g/mol. The molecule has 0 unspecified atom stereocenters. The van der Waals surface area contributed by atoms with Crippen molar-refractivity contribution in [3.63, 3.8) is 0 Å². The summed E-state index contributed by atoms with van der Waals surface area (Å²) in [4.78, 5) is 13.2. The van der Waals surface area contributed by atoms with Gasteiger partial charge in [0.1, 0.15) is 0 Å². The average molecular weight is 322 g/mol. The Morgan fingerprint density at radius 1 is 1.35 bits per heavy atom. The van der Waals surface area contributed by atoms with Crippen molar-refractivity contribution < 1.29 is 4.79 Å². The van der Waals surface area contributed by atoms with E-state index in [1.807, 2.05) is 19.2 Å². The fourth-order valence-corrected chi connectivity index (χ4v) is 1.62. The SMILES string of the molecule is CNCC(=O)N(C)CCc1ccc(Br)cc1.Cl. The van der Waals surface area contributed by atoms with E-state index >= 15 is 0 Å². The van der Waals surface area contributed by atoms with E-state index in [4.69, 9.17) is 0 Å². The molecule has 0 bridgehead atoms. The van der Waals surface area contributed by atoms with Gasteiger partial charge in [-0.05, 0) is 31.2 Å². The first-order valence-electron chi connectivity index (χ1n) is 5.26. The quantitative estimate of drug-likeness (QED) is 0.901. The molecule has 96 valence electrons. The number of benzene rings is 1. The Hall–Kier alpha value is -0.580. The maximum Gasteiger partial charge on any atom is 0.236 e. The molecule has 17 heavy (non-hydrogen) atoms. The van der Waals surface area contributed by atoms with E-state index in [9.17, 15) is 4.79 Å². The number of nitrogens with zero attached hydrogens (tertiary/aromatic N) is 1. The zero-order valence-corrected chi connectivity index (χ0v) is 12.5. The first-order chi connectivity index (χ1) is 7.63. The number of halogens is 2. The predicted molar refractivity (Wildman–Crippen MR) is 76.7 cm³/mol. The summed E-state index contributed by atoms with van der Waals surface area (Å²) in [6, 6.07) is 8.18. The van der Waals surface area contributed by atoms with Gasteiger partial charge in [-0.3, -0.25) is 4.79 Å². The van der Waals surface area contributed by atoms with Gasteiger partial charge in [0.05, 0.1) is 6.54 Å². The second-order valence-corrected chi connectivity index (χ2v) is 4.64. The molecule has 0 spiro atoms. The molecule has 0 aliphatic heterocycles. The van der Waals surface area contributed by atoms with Crippen LogP contribution in [0.2, 0.25) is 0 Å². The van der Waals surface area contributed by atoms with Crippen molar-refractivity contribution in [2.24, 2.45) is 0 Å². The summed E-state index contributed by atoms with van der Waals surface area (Å²) in [5, 5.41) is 2.86. The summed E-state index contributed by atoms with van der Waals surface area (Å²) >= 11 is 3.40. The van der Waals surface area contributed by atoms with Crippen LogP contribution in [0.3, 0.4) is 0 Å². The molecule has 1 aromatic rings. The molecule has 0 radical (unpaired) electrons. The van der Waals surface area contributed by atoms with E-state index in [-0.39, 0.29) is 18.3 Å². The molecule has 1 aromatic carbocycles. The summed E-state index contributed by atoms with van der Waals surface area (Å²) in [6.07, 6.45) is 0.888. The van der Waals surface area contributed by atoms with Gasteiger partial charge < -0.3 is 10.2 Å². The average Bonchev–Trinajstić information content (AvgIpc) is 2.28. The lowest BCUT2D eigenvalue weighted by Crippen LogP contribution is -2.35. The van der Waals surface area contributed by atoms with Crippen molar-refractivity contribution in [2.75, 3.05) is 27.2 Å². The van der Waals surface area contributed by atoms with Gasteiger partial charge in [-0.25, -0.2) is 0 Å². The van der Waals surface area contributed by atoms with Crippen molar-refractivity contribution in [3.8, 4) is 0 Å². The summed E-state index contributed by atoms with van der Waals surface area (Å²) in [7, 11) is 3.61. The van der Waals surface area contributed by atoms with Gasteiger partial charge in [0.15, 0.2) is 0 Å². The highest BCUT2D eigenvalue weighted by molar-refractivity contribution is 9.10. The molecule has 5 heteroatoms. The maximum absolute atomic E-state index is 11.5. The smallest absolute Gasteiger partial charge is 0.236 e. The number of nitrogens with one attached hydrogen (secondary N) is 1. The molecule has 0 fully saturated rings. The first-order valence-corrected chi connectivity index (χ1v) is 6.06. The van der Waals surface area contributed by atoms with Crippen molar-refractivity contribution in [1.82, 2.24) is 10.2 Å². The summed E-state index contributed by atoms with van der Waals surface area (Å²) in [6.45, 7) is 1.15. The van der Waals surface area contributed by atoms with E-state index < -0.39 is 0 Å². The zero-order chi connectivity index (χ0) is 12.0. The first kappa shape index (κ1) is 16.4.